The van der Waals surface area contributed by atoms with Gasteiger partial charge in [0, 0.05) is 24.7 Å². The molecular weight excluding hydrogens is 348 g/mol. The quantitative estimate of drug-likeness (QED) is 0.881. The van der Waals surface area contributed by atoms with Gasteiger partial charge in [0.15, 0.2) is 0 Å². The van der Waals surface area contributed by atoms with Crippen LogP contribution in [0.3, 0.4) is 0 Å². The molecule has 0 radical (unpaired) electrons. The van der Waals surface area contributed by atoms with Gasteiger partial charge in [-0.1, -0.05) is 6.07 Å². The van der Waals surface area contributed by atoms with Gasteiger partial charge in [0.2, 0.25) is 0 Å². The van der Waals surface area contributed by atoms with E-state index in [1.165, 1.54) is 11.0 Å². The van der Waals surface area contributed by atoms with Crippen LogP contribution in [0.2, 0.25) is 0 Å². The fourth-order valence-electron chi connectivity index (χ4n) is 2.94. The minimum atomic E-state index is -0.522. The molecule has 2 aromatic rings. The Morgan fingerprint density at radius 3 is 2.59 bits per heavy atom. The van der Waals surface area contributed by atoms with Crippen molar-refractivity contribution in [1.29, 1.82) is 0 Å². The first kappa shape index (κ1) is 18.8. The number of carbonyl (C=O) groups is 2. The maximum Gasteiger partial charge on any atom is 0.407 e. The number of aromatic nitrogens is 4. The smallest absolute Gasteiger partial charge is 0.407 e. The second-order valence-corrected chi connectivity index (χ2v) is 7.52. The molecule has 27 heavy (non-hydrogen) atoms. The van der Waals surface area contributed by atoms with E-state index in [2.05, 4.69) is 20.8 Å². The Bertz CT molecular complexity index is 792. The predicted octanol–water partition coefficient (Wildman–Crippen LogP) is 1.79. The van der Waals surface area contributed by atoms with Gasteiger partial charge in [0.1, 0.15) is 11.9 Å². The number of nitrogens with one attached hydrogen (secondary N) is 1. The summed E-state index contributed by atoms with van der Waals surface area (Å²) in [6, 6.07) is 7.20. The molecule has 0 spiro atoms. The number of tetrazole rings is 1. The molecular formula is C18H24N6O3. The zero-order chi connectivity index (χ0) is 19.4. The maximum atomic E-state index is 12.8. The number of carbonyl (C=O) groups excluding carboxylic acids is 2. The molecule has 0 aliphatic carbocycles. The van der Waals surface area contributed by atoms with Gasteiger partial charge in [-0.25, -0.2) is 9.48 Å². The molecule has 3 rings (SSSR count). The average molecular weight is 372 g/mol. The lowest BCUT2D eigenvalue weighted by Crippen LogP contribution is -2.47. The van der Waals surface area contributed by atoms with Crippen LogP contribution in [0.1, 0.15) is 44.0 Å². The summed E-state index contributed by atoms with van der Waals surface area (Å²) in [5.41, 5.74) is 0.791. The van der Waals surface area contributed by atoms with Crippen LogP contribution < -0.4 is 5.32 Å². The van der Waals surface area contributed by atoms with E-state index in [0.717, 1.165) is 5.69 Å². The molecule has 1 aromatic carbocycles. The highest BCUT2D eigenvalue weighted by atomic mass is 16.6. The van der Waals surface area contributed by atoms with Crippen LogP contribution in [0.5, 0.6) is 0 Å². The number of likely N-dealkylation sites (tertiary alicyclic amines) is 1. The van der Waals surface area contributed by atoms with E-state index in [0.29, 0.717) is 31.5 Å². The Hall–Kier alpha value is -2.97. The van der Waals surface area contributed by atoms with Crippen molar-refractivity contribution in [2.24, 2.45) is 0 Å². The molecule has 0 bridgehead atoms. The highest BCUT2D eigenvalue weighted by Gasteiger charge is 2.26. The molecule has 0 atom stereocenters. The van der Waals surface area contributed by atoms with Gasteiger partial charge in [-0.3, -0.25) is 4.79 Å². The molecule has 0 unspecified atom stereocenters. The minimum Gasteiger partial charge on any atom is -0.444 e. The van der Waals surface area contributed by atoms with Crippen molar-refractivity contribution in [3.8, 4) is 5.69 Å². The third-order valence-corrected chi connectivity index (χ3v) is 4.21. The fourth-order valence-corrected chi connectivity index (χ4v) is 2.94. The second kappa shape index (κ2) is 7.73. The molecule has 1 fully saturated rings. The monoisotopic (exact) mass is 372 g/mol. The van der Waals surface area contributed by atoms with Gasteiger partial charge in [0.25, 0.3) is 5.91 Å². The lowest BCUT2D eigenvalue weighted by molar-refractivity contribution is 0.0473. The summed E-state index contributed by atoms with van der Waals surface area (Å²) in [5, 5.41) is 13.9. The fraction of sp³-hybridized carbons (Fsp3) is 0.500. The third kappa shape index (κ3) is 5.02. The highest BCUT2D eigenvalue weighted by molar-refractivity contribution is 5.94. The van der Waals surface area contributed by atoms with E-state index >= 15 is 0 Å². The number of alkyl carbamates (subject to hydrolysis) is 1. The van der Waals surface area contributed by atoms with Gasteiger partial charge < -0.3 is 15.0 Å². The van der Waals surface area contributed by atoms with Gasteiger partial charge in [-0.15, -0.1) is 5.10 Å². The van der Waals surface area contributed by atoms with Gasteiger partial charge in [-0.05, 0) is 62.2 Å². The summed E-state index contributed by atoms with van der Waals surface area (Å²) in [4.78, 5) is 26.5. The Morgan fingerprint density at radius 2 is 1.96 bits per heavy atom. The zero-order valence-corrected chi connectivity index (χ0v) is 15.8. The number of hydrogen-bond acceptors (Lipinski definition) is 6. The van der Waals surface area contributed by atoms with E-state index < -0.39 is 11.7 Å². The number of benzene rings is 1. The summed E-state index contributed by atoms with van der Waals surface area (Å²) in [6.45, 7) is 6.65. The van der Waals surface area contributed by atoms with Gasteiger partial charge in [0.05, 0.1) is 5.69 Å². The SMILES string of the molecule is CC(C)(C)OC(=O)NC1CCN(C(=O)c2cccc(-n3cnnn3)c2)CC1. The molecule has 9 nitrogen and oxygen atoms in total. The Kier molecular flexibility index (Phi) is 5.38. The molecule has 1 N–H and O–H groups in total. The summed E-state index contributed by atoms with van der Waals surface area (Å²) in [7, 11) is 0. The second-order valence-electron chi connectivity index (χ2n) is 7.52. The molecule has 2 amide bonds. The number of rotatable bonds is 3. The van der Waals surface area contributed by atoms with Crippen molar-refractivity contribution in [3.63, 3.8) is 0 Å². The molecule has 9 heteroatoms. The predicted molar refractivity (Wildman–Crippen MR) is 97.4 cm³/mol. The maximum absolute atomic E-state index is 12.8. The number of hydrogen-bond donors (Lipinski definition) is 1. The van der Waals surface area contributed by atoms with E-state index in [1.54, 1.807) is 23.1 Å². The van der Waals surface area contributed by atoms with Crippen LogP contribution in [0.15, 0.2) is 30.6 Å². The zero-order valence-electron chi connectivity index (χ0n) is 15.8. The van der Waals surface area contributed by atoms with E-state index in [4.69, 9.17) is 4.74 Å². The van der Waals surface area contributed by atoms with Crippen molar-refractivity contribution in [1.82, 2.24) is 30.4 Å². The normalized spacial score (nSPS) is 15.4. The van der Waals surface area contributed by atoms with Crippen LogP contribution >= 0.6 is 0 Å². The van der Waals surface area contributed by atoms with Crippen molar-refractivity contribution < 1.29 is 14.3 Å². The molecule has 144 valence electrons. The molecule has 1 aliphatic heterocycles. The topological polar surface area (TPSA) is 102 Å². The first-order chi connectivity index (χ1) is 12.8. The van der Waals surface area contributed by atoms with Gasteiger partial charge in [-0.2, -0.15) is 0 Å². The molecule has 1 aromatic heterocycles. The van der Waals surface area contributed by atoms with Gasteiger partial charge >= 0.3 is 6.09 Å². The summed E-state index contributed by atoms with van der Waals surface area (Å²) in [5.74, 6) is -0.0411. The first-order valence-corrected chi connectivity index (χ1v) is 8.94. The Morgan fingerprint density at radius 1 is 1.22 bits per heavy atom. The summed E-state index contributed by atoms with van der Waals surface area (Å²) in [6.07, 6.45) is 2.45. The molecule has 1 aliphatic rings. The number of nitrogens with zero attached hydrogens (tertiary/aromatic N) is 5. The lowest BCUT2D eigenvalue weighted by atomic mass is 10.0. The van der Waals surface area contributed by atoms with E-state index in [1.807, 2.05) is 26.8 Å². The average Bonchev–Trinajstić information content (AvgIpc) is 3.15. The Balaban J connectivity index is 1.56. The van der Waals surface area contributed by atoms with Crippen LogP contribution in [0.25, 0.3) is 5.69 Å². The molecule has 0 saturated carbocycles. The van der Waals surface area contributed by atoms with Crippen molar-refractivity contribution in [2.75, 3.05) is 13.1 Å². The van der Waals surface area contributed by atoms with Crippen LogP contribution in [-0.2, 0) is 4.74 Å². The minimum absolute atomic E-state index is 0.0106. The van der Waals surface area contributed by atoms with Crippen molar-refractivity contribution in [3.05, 3.63) is 36.2 Å². The first-order valence-electron chi connectivity index (χ1n) is 8.94. The van der Waals surface area contributed by atoms with E-state index in [-0.39, 0.29) is 11.9 Å². The Labute approximate surface area is 157 Å². The number of amides is 2. The number of piperidine rings is 1. The summed E-state index contributed by atoms with van der Waals surface area (Å²) >= 11 is 0. The summed E-state index contributed by atoms with van der Waals surface area (Å²) < 4.78 is 6.79. The third-order valence-electron chi connectivity index (χ3n) is 4.21. The van der Waals surface area contributed by atoms with Crippen LogP contribution in [-0.4, -0.2) is 61.8 Å². The van der Waals surface area contributed by atoms with Crippen molar-refractivity contribution in [2.45, 2.75) is 45.3 Å². The number of ether oxygens (including phenoxy) is 1. The standard InChI is InChI=1S/C18H24N6O3/c1-18(2,3)27-17(26)20-14-7-9-23(10-8-14)16(25)13-5-4-6-15(11-13)24-12-19-21-22-24/h4-6,11-12,14H,7-10H2,1-3H3,(H,20,26). The van der Waals surface area contributed by atoms with E-state index in [9.17, 15) is 9.59 Å². The van der Waals surface area contributed by atoms with Crippen molar-refractivity contribution >= 4 is 12.0 Å². The van der Waals surface area contributed by atoms with Crippen LogP contribution in [0.4, 0.5) is 4.79 Å². The lowest BCUT2D eigenvalue weighted by Gasteiger charge is -2.33. The van der Waals surface area contributed by atoms with Crippen LogP contribution in [0, 0.1) is 0 Å². The largest absolute Gasteiger partial charge is 0.444 e. The highest BCUT2D eigenvalue weighted by Crippen LogP contribution is 2.17. The molecule has 2 heterocycles. The molecule has 1 saturated heterocycles.